The van der Waals surface area contributed by atoms with Gasteiger partial charge in [-0.15, -0.1) is 0 Å². The van der Waals surface area contributed by atoms with Crippen LogP contribution < -0.4 is 4.72 Å². The van der Waals surface area contributed by atoms with E-state index in [-0.39, 0.29) is 5.78 Å². The number of ketones is 1. The molecule has 1 rings (SSSR count). The van der Waals surface area contributed by atoms with Crippen LogP contribution >= 0.6 is 0 Å². The van der Waals surface area contributed by atoms with E-state index in [0.29, 0.717) is 25.9 Å². The molecule has 0 saturated carbocycles. The third-order valence-corrected chi connectivity index (χ3v) is 3.97. The highest BCUT2D eigenvalue weighted by Gasteiger charge is 2.29. The van der Waals surface area contributed by atoms with Gasteiger partial charge < -0.3 is 0 Å². The molecule has 0 aromatic heterocycles. The number of nitrogens with one attached hydrogen (secondary N) is 1. The van der Waals surface area contributed by atoms with Crippen molar-refractivity contribution in [2.75, 3.05) is 13.1 Å². The van der Waals surface area contributed by atoms with Gasteiger partial charge in [-0.2, -0.15) is 17.4 Å². The second kappa shape index (κ2) is 4.19. The maximum absolute atomic E-state index is 11.8. The highest BCUT2D eigenvalue weighted by Crippen LogP contribution is 2.12. The van der Waals surface area contributed by atoms with Gasteiger partial charge in [-0.25, -0.2) is 0 Å². The lowest BCUT2D eigenvalue weighted by Crippen LogP contribution is -2.51. The molecule has 88 valence electrons. The molecule has 1 aliphatic rings. The Morgan fingerprint density at radius 2 is 1.67 bits per heavy atom. The van der Waals surface area contributed by atoms with Crippen molar-refractivity contribution in [1.82, 2.24) is 9.03 Å². The molecule has 6 heteroatoms. The number of piperidine rings is 1. The number of carbonyl (C=O) groups excluding carboxylic acids is 1. The average Bonchev–Trinajstić information content (AvgIpc) is 2.00. The number of carbonyl (C=O) groups is 1. The smallest absolute Gasteiger partial charge is 0.279 e. The molecule has 0 aromatic carbocycles. The molecular weight excluding hydrogens is 216 g/mol. The van der Waals surface area contributed by atoms with Crippen LogP contribution in [-0.4, -0.2) is 37.1 Å². The Morgan fingerprint density at radius 3 is 2.07 bits per heavy atom. The minimum Gasteiger partial charge on any atom is -0.300 e. The van der Waals surface area contributed by atoms with Crippen LogP contribution in [0.15, 0.2) is 0 Å². The van der Waals surface area contributed by atoms with Crippen LogP contribution in [0.25, 0.3) is 0 Å². The van der Waals surface area contributed by atoms with E-state index < -0.39 is 15.7 Å². The van der Waals surface area contributed by atoms with Gasteiger partial charge in [0.2, 0.25) is 0 Å². The quantitative estimate of drug-likeness (QED) is 0.746. The van der Waals surface area contributed by atoms with Gasteiger partial charge in [0.05, 0.1) is 0 Å². The van der Waals surface area contributed by atoms with E-state index >= 15 is 0 Å². The maximum Gasteiger partial charge on any atom is 0.279 e. The average molecular weight is 234 g/mol. The van der Waals surface area contributed by atoms with E-state index in [4.69, 9.17) is 0 Å². The molecular formula is C9H18N2O3S. The van der Waals surface area contributed by atoms with E-state index in [9.17, 15) is 13.2 Å². The maximum atomic E-state index is 11.8. The first-order chi connectivity index (χ1) is 6.71. The summed E-state index contributed by atoms with van der Waals surface area (Å²) in [5, 5.41) is 0. The molecule has 1 aliphatic heterocycles. The lowest BCUT2D eigenvalue weighted by atomic mass is 10.1. The Kier molecular flexibility index (Phi) is 3.52. The fourth-order valence-electron chi connectivity index (χ4n) is 1.43. The Hall–Kier alpha value is -0.460. The first-order valence-corrected chi connectivity index (χ1v) is 6.45. The monoisotopic (exact) mass is 234 g/mol. The van der Waals surface area contributed by atoms with Gasteiger partial charge in [-0.3, -0.25) is 4.79 Å². The van der Waals surface area contributed by atoms with Crippen LogP contribution in [0.2, 0.25) is 0 Å². The van der Waals surface area contributed by atoms with Gasteiger partial charge in [0.1, 0.15) is 5.78 Å². The minimum atomic E-state index is -3.43. The van der Waals surface area contributed by atoms with E-state index in [1.165, 1.54) is 4.31 Å². The number of hydrogen-bond acceptors (Lipinski definition) is 3. The fraction of sp³-hybridized carbons (Fsp3) is 0.889. The van der Waals surface area contributed by atoms with Crippen molar-refractivity contribution in [3.8, 4) is 0 Å². The predicted molar refractivity (Wildman–Crippen MR) is 57.6 cm³/mol. The van der Waals surface area contributed by atoms with Gasteiger partial charge in [-0.1, -0.05) is 0 Å². The Bertz CT molecular complexity index is 333. The summed E-state index contributed by atoms with van der Waals surface area (Å²) < 4.78 is 27.5. The minimum absolute atomic E-state index is 0.136. The lowest BCUT2D eigenvalue weighted by molar-refractivity contribution is -0.120. The van der Waals surface area contributed by atoms with Crippen LogP contribution in [0.1, 0.15) is 33.6 Å². The SMILES string of the molecule is CC(C)(C)NS(=O)(=O)N1CCC(=O)CC1. The summed E-state index contributed by atoms with van der Waals surface area (Å²) >= 11 is 0. The zero-order valence-corrected chi connectivity index (χ0v) is 10.2. The predicted octanol–water partition coefficient (Wildman–Crippen LogP) is 0.284. The van der Waals surface area contributed by atoms with E-state index in [2.05, 4.69) is 4.72 Å². The van der Waals surface area contributed by atoms with Crippen molar-refractivity contribution < 1.29 is 13.2 Å². The highest BCUT2D eigenvalue weighted by molar-refractivity contribution is 7.87. The van der Waals surface area contributed by atoms with E-state index in [1.807, 2.05) is 0 Å². The molecule has 1 fully saturated rings. The zero-order chi connectivity index (χ0) is 11.7. The van der Waals surface area contributed by atoms with Crippen molar-refractivity contribution >= 4 is 16.0 Å². The molecule has 15 heavy (non-hydrogen) atoms. The van der Waals surface area contributed by atoms with Gasteiger partial charge in [0.15, 0.2) is 0 Å². The number of Topliss-reactive ketones (excluding diaryl/α,β-unsaturated/α-hetero) is 1. The molecule has 0 bridgehead atoms. The van der Waals surface area contributed by atoms with E-state index in [0.717, 1.165) is 0 Å². The Labute approximate surface area is 91.0 Å². The topological polar surface area (TPSA) is 66.5 Å². The molecule has 0 radical (unpaired) electrons. The number of rotatable bonds is 2. The van der Waals surface area contributed by atoms with Crippen molar-refractivity contribution in [3.05, 3.63) is 0 Å². The Balaban J connectivity index is 2.67. The number of hydrogen-bond donors (Lipinski definition) is 1. The molecule has 0 amide bonds. The summed E-state index contributed by atoms with van der Waals surface area (Å²) in [7, 11) is -3.43. The molecule has 1 heterocycles. The summed E-state index contributed by atoms with van der Waals surface area (Å²) in [6.07, 6.45) is 0.649. The standard InChI is InChI=1S/C9H18N2O3S/c1-9(2,3)10-15(13,14)11-6-4-8(12)5-7-11/h10H,4-7H2,1-3H3. The van der Waals surface area contributed by atoms with Gasteiger partial charge in [0, 0.05) is 31.5 Å². The second-order valence-electron chi connectivity index (χ2n) is 4.79. The van der Waals surface area contributed by atoms with Crippen molar-refractivity contribution in [3.63, 3.8) is 0 Å². The lowest BCUT2D eigenvalue weighted by Gasteiger charge is -2.29. The van der Waals surface area contributed by atoms with Gasteiger partial charge in [-0.05, 0) is 20.8 Å². The molecule has 5 nitrogen and oxygen atoms in total. The molecule has 0 unspecified atom stereocenters. The summed E-state index contributed by atoms with van der Waals surface area (Å²) in [4.78, 5) is 11.0. The fourth-order valence-corrected chi connectivity index (χ4v) is 2.99. The molecule has 0 spiro atoms. The molecule has 0 aromatic rings. The molecule has 0 aliphatic carbocycles. The molecule has 1 saturated heterocycles. The first-order valence-electron chi connectivity index (χ1n) is 5.01. The van der Waals surface area contributed by atoms with Crippen LogP contribution in [0.3, 0.4) is 0 Å². The largest absolute Gasteiger partial charge is 0.300 e. The summed E-state index contributed by atoms with van der Waals surface area (Å²) in [6.45, 7) is 5.97. The summed E-state index contributed by atoms with van der Waals surface area (Å²) in [5.41, 5.74) is -0.486. The Morgan fingerprint density at radius 1 is 1.20 bits per heavy atom. The van der Waals surface area contributed by atoms with Crippen LogP contribution in [-0.2, 0) is 15.0 Å². The molecule has 1 N–H and O–H groups in total. The number of nitrogens with zero attached hydrogens (tertiary/aromatic N) is 1. The third kappa shape index (κ3) is 3.89. The summed E-state index contributed by atoms with van der Waals surface area (Å²) in [5.74, 6) is 0.136. The van der Waals surface area contributed by atoms with Crippen molar-refractivity contribution in [2.24, 2.45) is 0 Å². The van der Waals surface area contributed by atoms with Crippen molar-refractivity contribution in [1.29, 1.82) is 0 Å². The molecule has 0 atom stereocenters. The third-order valence-electron chi connectivity index (χ3n) is 2.06. The van der Waals surface area contributed by atoms with Crippen LogP contribution in [0, 0.1) is 0 Å². The van der Waals surface area contributed by atoms with Crippen LogP contribution in [0.4, 0.5) is 0 Å². The second-order valence-corrected chi connectivity index (χ2v) is 6.47. The first kappa shape index (κ1) is 12.6. The normalized spacial score (nSPS) is 20.6. The zero-order valence-electron chi connectivity index (χ0n) is 9.41. The highest BCUT2D eigenvalue weighted by atomic mass is 32.2. The summed E-state index contributed by atoms with van der Waals surface area (Å²) in [6, 6.07) is 0. The van der Waals surface area contributed by atoms with Gasteiger partial charge in [0.25, 0.3) is 10.2 Å². The van der Waals surface area contributed by atoms with Crippen LogP contribution in [0.5, 0.6) is 0 Å². The van der Waals surface area contributed by atoms with Gasteiger partial charge >= 0.3 is 0 Å². The van der Waals surface area contributed by atoms with Crippen molar-refractivity contribution in [2.45, 2.75) is 39.2 Å². The van der Waals surface area contributed by atoms with E-state index in [1.54, 1.807) is 20.8 Å².